The van der Waals surface area contributed by atoms with E-state index in [9.17, 15) is 4.79 Å². The first kappa shape index (κ1) is 19.0. The summed E-state index contributed by atoms with van der Waals surface area (Å²) in [4.78, 5) is 14.8. The van der Waals surface area contributed by atoms with E-state index >= 15 is 0 Å². The van der Waals surface area contributed by atoms with Crippen molar-refractivity contribution in [2.24, 2.45) is 0 Å². The van der Waals surface area contributed by atoms with E-state index in [1.165, 1.54) is 0 Å². The first-order chi connectivity index (χ1) is 12.9. The smallest absolute Gasteiger partial charge is 0.259 e. The van der Waals surface area contributed by atoms with E-state index in [1.807, 2.05) is 86.1 Å². The van der Waals surface area contributed by atoms with Crippen LogP contribution < -0.4 is 10.2 Å². The molecular formula is C21H23ClN4O. The van der Waals surface area contributed by atoms with E-state index in [-0.39, 0.29) is 5.91 Å². The van der Waals surface area contributed by atoms with Crippen LogP contribution in [0.2, 0.25) is 5.02 Å². The highest BCUT2D eigenvalue weighted by Gasteiger charge is 2.19. The molecular weight excluding hydrogens is 360 g/mol. The van der Waals surface area contributed by atoms with Crippen LogP contribution in [0.5, 0.6) is 0 Å². The quantitative estimate of drug-likeness (QED) is 0.705. The Hall–Kier alpha value is -2.79. The van der Waals surface area contributed by atoms with Gasteiger partial charge in [0.15, 0.2) is 0 Å². The van der Waals surface area contributed by atoms with E-state index in [2.05, 4.69) is 10.4 Å². The Morgan fingerprint density at radius 3 is 2.41 bits per heavy atom. The van der Waals surface area contributed by atoms with Crippen LogP contribution in [0.15, 0.2) is 48.5 Å². The fourth-order valence-corrected chi connectivity index (χ4v) is 3.20. The number of carbonyl (C=O) groups excluding carboxylic acids is 1. The minimum absolute atomic E-state index is 0.159. The van der Waals surface area contributed by atoms with E-state index in [0.717, 1.165) is 22.6 Å². The molecule has 1 aromatic heterocycles. The highest BCUT2D eigenvalue weighted by molar-refractivity contribution is 6.31. The minimum Gasteiger partial charge on any atom is -0.378 e. The van der Waals surface area contributed by atoms with E-state index in [0.29, 0.717) is 22.8 Å². The Labute approximate surface area is 164 Å². The van der Waals surface area contributed by atoms with Crippen LogP contribution in [0.1, 0.15) is 27.3 Å². The second kappa shape index (κ2) is 7.84. The van der Waals surface area contributed by atoms with Gasteiger partial charge in [0.25, 0.3) is 5.91 Å². The molecule has 0 atom stereocenters. The summed E-state index contributed by atoms with van der Waals surface area (Å²) in [5.41, 5.74) is 4.91. The minimum atomic E-state index is -0.159. The Morgan fingerprint density at radius 1 is 1.11 bits per heavy atom. The zero-order valence-electron chi connectivity index (χ0n) is 16.0. The fourth-order valence-electron chi connectivity index (χ4n) is 3.00. The molecule has 0 saturated carbocycles. The molecule has 0 saturated heterocycles. The zero-order valence-corrected chi connectivity index (χ0v) is 16.7. The zero-order chi connectivity index (χ0) is 19.6. The first-order valence-electron chi connectivity index (χ1n) is 8.73. The highest BCUT2D eigenvalue weighted by atomic mass is 35.5. The van der Waals surface area contributed by atoms with Gasteiger partial charge in [0.2, 0.25) is 0 Å². The van der Waals surface area contributed by atoms with Crippen molar-refractivity contribution < 1.29 is 4.79 Å². The number of rotatable bonds is 5. The number of anilines is 2. The van der Waals surface area contributed by atoms with E-state index in [4.69, 9.17) is 11.6 Å². The number of hydrogen-bond acceptors (Lipinski definition) is 3. The molecule has 0 aliphatic heterocycles. The average Bonchev–Trinajstić information content (AvgIpc) is 2.91. The molecule has 27 heavy (non-hydrogen) atoms. The molecule has 140 valence electrons. The maximum atomic E-state index is 12.8. The maximum absolute atomic E-state index is 12.8. The van der Waals surface area contributed by atoms with Crippen LogP contribution in [-0.2, 0) is 6.54 Å². The molecule has 0 radical (unpaired) electrons. The van der Waals surface area contributed by atoms with Crippen molar-refractivity contribution in [3.8, 4) is 0 Å². The standard InChI is InChI=1S/C21H23ClN4O/c1-14-20(21(27)23-17-9-11-18(12-10-17)25(3)4)15(2)26(24-14)13-16-7-5-6-8-19(16)22/h5-12H,13H2,1-4H3,(H,23,27). The molecule has 0 unspecified atom stereocenters. The second-order valence-electron chi connectivity index (χ2n) is 6.69. The van der Waals surface area contributed by atoms with E-state index < -0.39 is 0 Å². The predicted molar refractivity (Wildman–Crippen MR) is 111 cm³/mol. The summed E-state index contributed by atoms with van der Waals surface area (Å²) in [6.07, 6.45) is 0. The van der Waals surface area contributed by atoms with Crippen molar-refractivity contribution in [3.05, 3.63) is 76.1 Å². The Kier molecular flexibility index (Phi) is 5.51. The largest absolute Gasteiger partial charge is 0.378 e. The SMILES string of the molecule is Cc1nn(Cc2ccccc2Cl)c(C)c1C(=O)Nc1ccc(N(C)C)cc1. The van der Waals surface area contributed by atoms with Crippen LogP contribution in [0.3, 0.4) is 0 Å². The van der Waals surface area contributed by atoms with Gasteiger partial charge in [-0.15, -0.1) is 0 Å². The van der Waals surface area contributed by atoms with Gasteiger partial charge in [0.05, 0.1) is 17.8 Å². The summed E-state index contributed by atoms with van der Waals surface area (Å²) in [6.45, 7) is 4.28. The van der Waals surface area contributed by atoms with Gasteiger partial charge in [-0.25, -0.2) is 0 Å². The van der Waals surface area contributed by atoms with Gasteiger partial charge < -0.3 is 10.2 Å². The third kappa shape index (κ3) is 4.14. The molecule has 1 N–H and O–H groups in total. The molecule has 1 amide bonds. The highest BCUT2D eigenvalue weighted by Crippen LogP contribution is 2.21. The molecule has 0 aliphatic carbocycles. The van der Waals surface area contributed by atoms with Crippen molar-refractivity contribution in [2.45, 2.75) is 20.4 Å². The molecule has 6 heteroatoms. The molecule has 0 spiro atoms. The normalized spacial score (nSPS) is 10.7. The third-order valence-corrected chi connectivity index (χ3v) is 4.90. The predicted octanol–water partition coefficient (Wildman–Crippen LogP) is 4.52. The van der Waals surface area contributed by atoms with Gasteiger partial charge in [0.1, 0.15) is 0 Å². The van der Waals surface area contributed by atoms with Gasteiger partial charge in [-0.05, 0) is 49.7 Å². The molecule has 0 bridgehead atoms. The van der Waals surface area contributed by atoms with Gasteiger partial charge in [-0.3, -0.25) is 9.48 Å². The van der Waals surface area contributed by atoms with Crippen LogP contribution in [0.4, 0.5) is 11.4 Å². The van der Waals surface area contributed by atoms with Crippen LogP contribution in [0.25, 0.3) is 0 Å². The maximum Gasteiger partial charge on any atom is 0.259 e. The monoisotopic (exact) mass is 382 g/mol. The van der Waals surface area contributed by atoms with Gasteiger partial charge in [-0.1, -0.05) is 29.8 Å². The lowest BCUT2D eigenvalue weighted by molar-refractivity contribution is 0.102. The Balaban J connectivity index is 1.81. The summed E-state index contributed by atoms with van der Waals surface area (Å²) < 4.78 is 1.82. The van der Waals surface area contributed by atoms with E-state index in [1.54, 1.807) is 0 Å². The molecule has 1 heterocycles. The summed E-state index contributed by atoms with van der Waals surface area (Å²) in [5, 5.41) is 8.19. The number of aromatic nitrogens is 2. The van der Waals surface area contributed by atoms with Crippen molar-refractivity contribution in [2.75, 3.05) is 24.3 Å². The first-order valence-corrected chi connectivity index (χ1v) is 9.10. The summed E-state index contributed by atoms with van der Waals surface area (Å²) >= 11 is 6.25. The lowest BCUT2D eigenvalue weighted by Crippen LogP contribution is -2.15. The van der Waals surface area contributed by atoms with Gasteiger partial charge in [0, 0.05) is 36.2 Å². The average molecular weight is 383 g/mol. The van der Waals surface area contributed by atoms with Crippen molar-refractivity contribution in [1.29, 1.82) is 0 Å². The summed E-state index contributed by atoms with van der Waals surface area (Å²) in [7, 11) is 3.96. The van der Waals surface area contributed by atoms with Crippen LogP contribution in [-0.4, -0.2) is 29.8 Å². The number of hydrogen-bond donors (Lipinski definition) is 1. The second-order valence-corrected chi connectivity index (χ2v) is 7.10. The summed E-state index contributed by atoms with van der Waals surface area (Å²) in [5.74, 6) is -0.159. The lowest BCUT2D eigenvalue weighted by Gasteiger charge is -2.13. The Bertz CT molecular complexity index is 961. The number of amides is 1. The van der Waals surface area contributed by atoms with Crippen molar-refractivity contribution >= 4 is 28.9 Å². The van der Waals surface area contributed by atoms with Crippen molar-refractivity contribution in [1.82, 2.24) is 9.78 Å². The molecule has 3 rings (SSSR count). The molecule has 5 nitrogen and oxygen atoms in total. The lowest BCUT2D eigenvalue weighted by atomic mass is 10.1. The Morgan fingerprint density at radius 2 is 1.78 bits per heavy atom. The van der Waals surface area contributed by atoms with Crippen LogP contribution >= 0.6 is 11.6 Å². The number of carbonyl (C=O) groups is 1. The van der Waals surface area contributed by atoms with Crippen LogP contribution in [0, 0.1) is 13.8 Å². The molecule has 0 fully saturated rings. The topological polar surface area (TPSA) is 50.2 Å². The summed E-state index contributed by atoms with van der Waals surface area (Å²) in [6, 6.07) is 15.4. The molecule has 0 aliphatic rings. The molecule has 2 aromatic carbocycles. The number of nitrogens with one attached hydrogen (secondary N) is 1. The van der Waals surface area contributed by atoms with Crippen molar-refractivity contribution in [3.63, 3.8) is 0 Å². The van der Waals surface area contributed by atoms with Gasteiger partial charge >= 0.3 is 0 Å². The number of aryl methyl sites for hydroxylation is 1. The molecule has 3 aromatic rings. The number of halogens is 1. The third-order valence-electron chi connectivity index (χ3n) is 4.53. The number of benzene rings is 2. The van der Waals surface area contributed by atoms with Gasteiger partial charge in [-0.2, -0.15) is 5.10 Å². The fraction of sp³-hybridized carbons (Fsp3) is 0.238. The number of nitrogens with zero attached hydrogens (tertiary/aromatic N) is 3.